The summed E-state index contributed by atoms with van der Waals surface area (Å²) >= 11 is 6.05. The molecule has 4 rings (SSSR count). The first-order valence-electron chi connectivity index (χ1n) is 9.43. The Hall–Kier alpha value is -3.32. The summed E-state index contributed by atoms with van der Waals surface area (Å²) in [5.74, 6) is -0.386. The van der Waals surface area contributed by atoms with Crippen molar-refractivity contribution in [2.75, 3.05) is 4.90 Å². The molecule has 0 radical (unpaired) electrons. The van der Waals surface area contributed by atoms with Gasteiger partial charge in [0.25, 0.3) is 5.91 Å². The number of nitrogens with one attached hydrogen (secondary N) is 1. The lowest BCUT2D eigenvalue weighted by Crippen LogP contribution is -2.18. The highest BCUT2D eigenvalue weighted by molar-refractivity contribution is 6.33. The number of benzene rings is 3. The largest absolute Gasteiger partial charge is 0.416 e. The number of halogens is 4. The lowest BCUT2D eigenvalue weighted by molar-refractivity contribution is -0.137. The minimum atomic E-state index is -4.39. The number of nitrogens with zero attached hydrogens (tertiary/aromatic N) is 2. The van der Waals surface area contributed by atoms with E-state index >= 15 is 0 Å². The molecule has 4 nitrogen and oxygen atoms in total. The van der Waals surface area contributed by atoms with Crippen molar-refractivity contribution in [3.05, 3.63) is 99.6 Å². The van der Waals surface area contributed by atoms with Gasteiger partial charge in [-0.15, -0.1) is 0 Å². The maximum absolute atomic E-state index is 13.0. The van der Waals surface area contributed by atoms with Gasteiger partial charge >= 0.3 is 6.18 Å². The Morgan fingerprint density at radius 1 is 1.00 bits per heavy atom. The van der Waals surface area contributed by atoms with Crippen LogP contribution in [-0.2, 0) is 19.3 Å². The Morgan fingerprint density at radius 3 is 2.55 bits per heavy atom. The van der Waals surface area contributed by atoms with E-state index in [2.05, 4.69) is 10.5 Å². The molecule has 0 saturated heterocycles. The van der Waals surface area contributed by atoms with Crippen molar-refractivity contribution in [2.45, 2.75) is 19.3 Å². The predicted octanol–water partition coefficient (Wildman–Crippen LogP) is 5.64. The van der Waals surface area contributed by atoms with Crippen LogP contribution < -0.4 is 10.3 Å². The molecule has 3 aromatic carbocycles. The monoisotopic (exact) mass is 443 g/mol. The number of hydrazone groups is 1. The Kier molecular flexibility index (Phi) is 5.69. The smallest absolute Gasteiger partial charge is 0.363 e. The summed E-state index contributed by atoms with van der Waals surface area (Å²) in [5.41, 5.74) is 5.22. The number of hydrogen-bond donors (Lipinski definition) is 1. The quantitative estimate of drug-likeness (QED) is 0.419. The topological polar surface area (TPSA) is 44.7 Å². The van der Waals surface area contributed by atoms with Crippen molar-refractivity contribution >= 4 is 29.4 Å². The number of rotatable bonds is 4. The highest BCUT2D eigenvalue weighted by Gasteiger charge is 2.31. The molecule has 0 bridgehead atoms. The molecule has 0 aromatic heterocycles. The molecule has 1 N–H and O–H groups in total. The molecule has 1 amide bonds. The third-order valence-electron chi connectivity index (χ3n) is 5.00. The number of fused-ring (bicyclic) bond motifs is 1. The van der Waals surface area contributed by atoms with Crippen molar-refractivity contribution in [2.24, 2.45) is 5.10 Å². The zero-order valence-electron chi connectivity index (χ0n) is 16.2. The molecule has 0 atom stereocenters. The molecule has 158 valence electrons. The van der Waals surface area contributed by atoms with Crippen molar-refractivity contribution in [1.29, 1.82) is 0 Å². The van der Waals surface area contributed by atoms with E-state index in [1.54, 1.807) is 36.4 Å². The standard InChI is InChI=1S/C23H17ClF3N3O/c24-21-7-2-1-4-16(21)12-28-29-22(31)15-8-9-17-13-30(14-18(17)10-15)20-6-3-5-19(11-20)23(25,26)27/h1-12H,13-14H2,(H,29,31)/b28-12+. The SMILES string of the molecule is O=C(N/N=C/c1ccccc1Cl)c1ccc2c(c1)CN(c1cccc(C(F)(F)F)c1)C2. The van der Waals surface area contributed by atoms with Crippen molar-refractivity contribution in [3.8, 4) is 0 Å². The maximum Gasteiger partial charge on any atom is 0.416 e. The Labute approximate surface area is 182 Å². The zero-order chi connectivity index (χ0) is 22.0. The van der Waals surface area contributed by atoms with Gasteiger partial charge in [-0.2, -0.15) is 18.3 Å². The van der Waals surface area contributed by atoms with Crippen LogP contribution in [0.1, 0.15) is 32.6 Å². The van der Waals surface area contributed by atoms with E-state index in [1.165, 1.54) is 12.3 Å². The van der Waals surface area contributed by atoms with Gasteiger partial charge in [0.2, 0.25) is 0 Å². The Balaban J connectivity index is 1.45. The third-order valence-corrected chi connectivity index (χ3v) is 5.35. The number of carbonyl (C=O) groups excluding carboxylic acids is 1. The highest BCUT2D eigenvalue weighted by atomic mass is 35.5. The van der Waals surface area contributed by atoms with E-state index in [1.807, 2.05) is 17.0 Å². The summed E-state index contributed by atoms with van der Waals surface area (Å²) in [6, 6.07) is 17.6. The van der Waals surface area contributed by atoms with Crippen LogP contribution in [0.3, 0.4) is 0 Å². The van der Waals surface area contributed by atoms with Crippen LogP contribution >= 0.6 is 11.6 Å². The number of anilines is 1. The molecule has 1 aliphatic rings. The predicted molar refractivity (Wildman–Crippen MR) is 114 cm³/mol. The Bertz CT molecular complexity index is 1160. The van der Waals surface area contributed by atoms with Gasteiger partial charge < -0.3 is 4.90 Å². The van der Waals surface area contributed by atoms with E-state index in [9.17, 15) is 18.0 Å². The van der Waals surface area contributed by atoms with E-state index in [-0.39, 0.29) is 5.91 Å². The first kappa shape index (κ1) is 20.9. The van der Waals surface area contributed by atoms with Gasteiger partial charge in [-0.3, -0.25) is 4.79 Å². The second-order valence-corrected chi connectivity index (χ2v) is 7.52. The first-order chi connectivity index (χ1) is 14.8. The maximum atomic E-state index is 13.0. The van der Waals surface area contributed by atoms with E-state index in [4.69, 9.17) is 11.6 Å². The van der Waals surface area contributed by atoms with Gasteiger partial charge in [0.1, 0.15) is 0 Å². The van der Waals surface area contributed by atoms with Gasteiger partial charge in [-0.1, -0.05) is 41.9 Å². The fourth-order valence-electron chi connectivity index (χ4n) is 3.40. The normalized spacial score (nSPS) is 13.5. The lowest BCUT2D eigenvalue weighted by atomic mass is 10.1. The van der Waals surface area contributed by atoms with Crippen LogP contribution in [0.4, 0.5) is 18.9 Å². The number of hydrogen-bond acceptors (Lipinski definition) is 3. The summed E-state index contributed by atoms with van der Waals surface area (Å²) in [4.78, 5) is 14.3. The molecule has 1 heterocycles. The molecule has 0 spiro atoms. The molecule has 3 aromatic rings. The fourth-order valence-corrected chi connectivity index (χ4v) is 3.59. The highest BCUT2D eigenvalue weighted by Crippen LogP contribution is 2.34. The van der Waals surface area contributed by atoms with Gasteiger partial charge in [0.15, 0.2) is 0 Å². The molecule has 0 fully saturated rings. The summed E-state index contributed by atoms with van der Waals surface area (Å²) in [5, 5.41) is 4.46. The minimum Gasteiger partial charge on any atom is -0.363 e. The molecule has 31 heavy (non-hydrogen) atoms. The minimum absolute atomic E-state index is 0.386. The van der Waals surface area contributed by atoms with E-state index < -0.39 is 11.7 Å². The molecule has 0 saturated carbocycles. The van der Waals surface area contributed by atoms with Gasteiger partial charge in [0, 0.05) is 34.9 Å². The number of amides is 1. The van der Waals surface area contributed by atoms with Gasteiger partial charge in [-0.05, 0) is 47.5 Å². The lowest BCUT2D eigenvalue weighted by Gasteiger charge is -2.19. The van der Waals surface area contributed by atoms with Crippen LogP contribution in [0.2, 0.25) is 5.02 Å². The summed E-state index contributed by atoms with van der Waals surface area (Å²) < 4.78 is 39.0. The van der Waals surface area contributed by atoms with Crippen molar-refractivity contribution in [1.82, 2.24) is 5.43 Å². The van der Waals surface area contributed by atoms with E-state index in [0.29, 0.717) is 34.9 Å². The second kappa shape index (κ2) is 8.43. The molecule has 0 unspecified atom stereocenters. The first-order valence-corrected chi connectivity index (χ1v) is 9.81. The molecule has 1 aliphatic heterocycles. The van der Waals surface area contributed by atoms with Crippen LogP contribution in [0.15, 0.2) is 71.8 Å². The van der Waals surface area contributed by atoms with Crippen LogP contribution in [0, 0.1) is 0 Å². The summed E-state index contributed by atoms with van der Waals surface area (Å²) in [7, 11) is 0. The number of carbonyl (C=O) groups is 1. The number of alkyl halides is 3. The summed E-state index contributed by atoms with van der Waals surface area (Å²) in [6.45, 7) is 0.893. The molecular formula is C23H17ClF3N3O. The van der Waals surface area contributed by atoms with Crippen molar-refractivity contribution < 1.29 is 18.0 Å². The van der Waals surface area contributed by atoms with Gasteiger partial charge in [-0.25, -0.2) is 5.43 Å². The van der Waals surface area contributed by atoms with Crippen LogP contribution in [-0.4, -0.2) is 12.1 Å². The van der Waals surface area contributed by atoms with Gasteiger partial charge in [0.05, 0.1) is 11.8 Å². The fraction of sp³-hybridized carbons (Fsp3) is 0.130. The second-order valence-electron chi connectivity index (χ2n) is 7.11. The average Bonchev–Trinajstić information content (AvgIpc) is 3.18. The molecular weight excluding hydrogens is 427 g/mol. The van der Waals surface area contributed by atoms with Crippen LogP contribution in [0.5, 0.6) is 0 Å². The average molecular weight is 444 g/mol. The summed E-state index contributed by atoms with van der Waals surface area (Å²) in [6.07, 6.45) is -2.93. The third kappa shape index (κ3) is 4.72. The zero-order valence-corrected chi connectivity index (χ0v) is 16.9. The molecule has 0 aliphatic carbocycles. The molecule has 8 heteroatoms. The Morgan fingerprint density at radius 2 is 1.77 bits per heavy atom. The van der Waals surface area contributed by atoms with Crippen LogP contribution in [0.25, 0.3) is 0 Å². The van der Waals surface area contributed by atoms with Crippen molar-refractivity contribution in [3.63, 3.8) is 0 Å². The van der Waals surface area contributed by atoms with E-state index in [0.717, 1.165) is 23.3 Å².